The molecular formula is C22H24O10. The van der Waals surface area contributed by atoms with Gasteiger partial charge in [0.15, 0.2) is 0 Å². The number of hydrogen-bond acceptors (Lipinski definition) is 10. The monoisotopic (exact) mass is 448 g/mol. The minimum atomic E-state index is -1.52. The first-order chi connectivity index (χ1) is 15.3. The maximum atomic E-state index is 12.0. The van der Waals surface area contributed by atoms with Gasteiger partial charge in [-0.3, -0.25) is 0 Å². The summed E-state index contributed by atoms with van der Waals surface area (Å²) < 4.78 is 20.8. The molecule has 1 heterocycles. The highest BCUT2D eigenvalue weighted by molar-refractivity contribution is 5.96. The molecule has 0 unspecified atom stereocenters. The molecule has 1 fully saturated rings. The molecule has 32 heavy (non-hydrogen) atoms. The van der Waals surface area contributed by atoms with Gasteiger partial charge in [0.25, 0.3) is 0 Å². The van der Waals surface area contributed by atoms with Crippen LogP contribution in [0.15, 0.2) is 42.5 Å². The Labute approximate surface area is 183 Å². The lowest BCUT2D eigenvalue weighted by molar-refractivity contribution is -0.231. The van der Waals surface area contributed by atoms with Crippen LogP contribution in [0.4, 0.5) is 0 Å². The van der Waals surface area contributed by atoms with E-state index in [1.54, 1.807) is 18.2 Å². The minimum absolute atomic E-state index is 0.0792. The number of rotatable bonds is 6. The maximum Gasteiger partial charge on any atom is 0.338 e. The van der Waals surface area contributed by atoms with Gasteiger partial charge in [0.1, 0.15) is 42.0 Å². The third kappa shape index (κ3) is 4.90. The van der Waals surface area contributed by atoms with Crippen molar-refractivity contribution in [3.63, 3.8) is 0 Å². The topological polar surface area (TPSA) is 152 Å². The van der Waals surface area contributed by atoms with Crippen molar-refractivity contribution in [2.75, 3.05) is 20.8 Å². The first-order valence-electron chi connectivity index (χ1n) is 9.69. The van der Waals surface area contributed by atoms with E-state index in [1.165, 1.54) is 38.5 Å². The lowest BCUT2D eigenvalue weighted by Crippen LogP contribution is -2.55. The largest absolute Gasteiger partial charge is 0.465 e. The van der Waals surface area contributed by atoms with Gasteiger partial charge in [-0.2, -0.15) is 0 Å². The average molecular weight is 448 g/mol. The Morgan fingerprint density at radius 2 is 1.50 bits per heavy atom. The summed E-state index contributed by atoms with van der Waals surface area (Å²) in [4.78, 5) is 23.9. The van der Waals surface area contributed by atoms with E-state index in [0.29, 0.717) is 5.56 Å². The third-order valence-electron chi connectivity index (χ3n) is 5.06. The maximum absolute atomic E-state index is 12.0. The normalized spacial score (nSPS) is 25.1. The number of hydrogen-bond donors (Lipinski definition) is 4. The fourth-order valence-corrected chi connectivity index (χ4v) is 3.40. The molecule has 0 amide bonds. The van der Waals surface area contributed by atoms with Gasteiger partial charge < -0.3 is 39.4 Å². The summed E-state index contributed by atoms with van der Waals surface area (Å²) in [5, 5.41) is 39.7. The number of benzene rings is 2. The van der Waals surface area contributed by atoms with Crippen molar-refractivity contribution in [3.8, 4) is 11.5 Å². The zero-order valence-corrected chi connectivity index (χ0v) is 17.4. The van der Waals surface area contributed by atoms with Crippen molar-refractivity contribution in [2.45, 2.75) is 30.5 Å². The van der Waals surface area contributed by atoms with E-state index < -0.39 is 49.1 Å². The molecule has 1 saturated heterocycles. The van der Waals surface area contributed by atoms with E-state index >= 15 is 0 Å². The van der Waals surface area contributed by atoms with Crippen LogP contribution in [0.1, 0.15) is 32.4 Å². The number of ether oxygens (including phenoxy) is 4. The molecule has 172 valence electrons. The Balaban J connectivity index is 1.90. The van der Waals surface area contributed by atoms with Crippen LogP contribution < -0.4 is 4.74 Å². The molecule has 5 atom stereocenters. The van der Waals surface area contributed by atoms with Gasteiger partial charge in [0, 0.05) is 0 Å². The Hall–Kier alpha value is -3.02. The van der Waals surface area contributed by atoms with Crippen LogP contribution in [0.25, 0.3) is 0 Å². The fraction of sp³-hybridized carbons (Fsp3) is 0.364. The second-order valence-corrected chi connectivity index (χ2v) is 7.15. The van der Waals surface area contributed by atoms with Crippen LogP contribution in [-0.2, 0) is 14.2 Å². The van der Waals surface area contributed by atoms with Crippen LogP contribution in [-0.4, -0.2) is 77.6 Å². The Kier molecular flexibility index (Phi) is 7.44. The predicted octanol–water partition coefficient (Wildman–Crippen LogP) is 0.567. The molecule has 10 nitrogen and oxygen atoms in total. The van der Waals surface area contributed by atoms with Gasteiger partial charge in [-0.15, -0.1) is 0 Å². The molecule has 4 N–H and O–H groups in total. The van der Waals surface area contributed by atoms with Crippen molar-refractivity contribution in [3.05, 3.63) is 59.2 Å². The Bertz CT molecular complexity index is 939. The molecule has 0 bridgehead atoms. The molecular weight excluding hydrogens is 424 g/mol. The molecule has 1 aliphatic heterocycles. The zero-order valence-electron chi connectivity index (χ0n) is 17.4. The number of aliphatic hydroxyl groups excluding tert-OH is 4. The summed E-state index contributed by atoms with van der Waals surface area (Å²) in [5.41, 5.74) is 0.572. The van der Waals surface area contributed by atoms with Crippen LogP contribution in [0.3, 0.4) is 0 Å². The highest BCUT2D eigenvalue weighted by Gasteiger charge is 2.44. The molecule has 10 heteroatoms. The SMILES string of the molecule is COC(=O)c1cc(Oc2cccc([C@H]3O[C@H](CO)[C@@H](O)[C@H](O)[C@@H]3O)c2)cc(C(=O)OC)c1. The molecule has 3 rings (SSSR count). The minimum Gasteiger partial charge on any atom is -0.465 e. The van der Waals surface area contributed by atoms with Crippen molar-refractivity contribution < 1.29 is 49.0 Å². The number of methoxy groups -OCH3 is 2. The van der Waals surface area contributed by atoms with Crippen molar-refractivity contribution >= 4 is 11.9 Å². The van der Waals surface area contributed by atoms with E-state index in [9.17, 15) is 30.0 Å². The van der Waals surface area contributed by atoms with E-state index in [2.05, 4.69) is 0 Å². The molecule has 2 aromatic carbocycles. The summed E-state index contributed by atoms with van der Waals surface area (Å²) in [6, 6.07) is 10.4. The highest BCUT2D eigenvalue weighted by Crippen LogP contribution is 2.34. The van der Waals surface area contributed by atoms with Gasteiger partial charge >= 0.3 is 11.9 Å². The van der Waals surface area contributed by atoms with E-state index in [-0.39, 0.29) is 22.6 Å². The summed E-state index contributed by atoms with van der Waals surface area (Å²) in [6.45, 7) is -0.547. The first-order valence-corrected chi connectivity index (χ1v) is 9.69. The standard InChI is InChI=1S/C22H24O10/c1-29-21(27)12-6-13(22(28)30-2)9-15(8-12)31-14-5-3-4-11(7-14)20-19(26)18(25)17(24)16(10-23)32-20/h3-9,16-20,23-26H,10H2,1-2H3/t16-,17-,18+,19+,20-/m1/s1. The second kappa shape index (κ2) is 10.1. The summed E-state index contributed by atoms with van der Waals surface area (Å²) in [6.07, 6.45) is -6.53. The van der Waals surface area contributed by atoms with Gasteiger partial charge in [0.2, 0.25) is 0 Å². The van der Waals surface area contributed by atoms with E-state index in [0.717, 1.165) is 0 Å². The van der Waals surface area contributed by atoms with Crippen LogP contribution >= 0.6 is 0 Å². The molecule has 0 spiro atoms. The smallest absolute Gasteiger partial charge is 0.338 e. The highest BCUT2D eigenvalue weighted by atomic mass is 16.5. The zero-order chi connectivity index (χ0) is 23.4. The van der Waals surface area contributed by atoms with Crippen LogP contribution in [0.5, 0.6) is 11.5 Å². The second-order valence-electron chi connectivity index (χ2n) is 7.15. The van der Waals surface area contributed by atoms with E-state index in [1.807, 2.05) is 0 Å². The third-order valence-corrected chi connectivity index (χ3v) is 5.06. The van der Waals surface area contributed by atoms with Crippen LogP contribution in [0.2, 0.25) is 0 Å². The van der Waals surface area contributed by atoms with E-state index in [4.69, 9.17) is 18.9 Å². The van der Waals surface area contributed by atoms with Gasteiger partial charge in [-0.25, -0.2) is 9.59 Å². The molecule has 1 aliphatic rings. The summed E-state index contributed by atoms with van der Waals surface area (Å²) in [5.74, 6) is -0.914. The fourth-order valence-electron chi connectivity index (χ4n) is 3.40. The summed E-state index contributed by atoms with van der Waals surface area (Å²) >= 11 is 0. The number of carbonyl (C=O) groups is 2. The molecule has 0 saturated carbocycles. The van der Waals surface area contributed by atoms with Gasteiger partial charge in [-0.05, 0) is 35.9 Å². The quantitative estimate of drug-likeness (QED) is 0.462. The van der Waals surface area contributed by atoms with Crippen LogP contribution in [0, 0.1) is 0 Å². The average Bonchev–Trinajstić information content (AvgIpc) is 2.81. The Morgan fingerprint density at radius 1 is 0.875 bits per heavy atom. The van der Waals surface area contributed by atoms with Crippen molar-refractivity contribution in [2.24, 2.45) is 0 Å². The lowest BCUT2D eigenvalue weighted by atomic mass is 9.91. The molecule has 0 radical (unpaired) electrons. The molecule has 0 aromatic heterocycles. The summed E-state index contributed by atoms with van der Waals surface area (Å²) in [7, 11) is 2.41. The van der Waals surface area contributed by atoms with Gasteiger partial charge in [0.05, 0.1) is 32.0 Å². The van der Waals surface area contributed by atoms with Crippen molar-refractivity contribution in [1.29, 1.82) is 0 Å². The number of aliphatic hydroxyl groups is 4. The number of carbonyl (C=O) groups excluding carboxylic acids is 2. The lowest BCUT2D eigenvalue weighted by Gasteiger charge is -2.40. The molecule has 0 aliphatic carbocycles. The van der Waals surface area contributed by atoms with Gasteiger partial charge in [-0.1, -0.05) is 12.1 Å². The number of esters is 2. The molecule has 2 aromatic rings. The van der Waals surface area contributed by atoms with Crippen molar-refractivity contribution in [1.82, 2.24) is 0 Å². The Morgan fingerprint density at radius 3 is 2.06 bits per heavy atom. The predicted molar refractivity (Wildman–Crippen MR) is 108 cm³/mol. The first kappa shape index (κ1) is 23.6.